The van der Waals surface area contributed by atoms with Crippen molar-refractivity contribution in [3.63, 3.8) is 0 Å². The van der Waals surface area contributed by atoms with Gasteiger partial charge in [0.1, 0.15) is 0 Å². The predicted molar refractivity (Wildman–Crippen MR) is 49.9 cm³/mol. The molecule has 0 amide bonds. The van der Waals surface area contributed by atoms with Gasteiger partial charge in [0, 0.05) is 12.8 Å². The minimum Gasteiger partial charge on any atom is -0.393 e. The van der Waals surface area contributed by atoms with Gasteiger partial charge in [-0.1, -0.05) is 0 Å². The second kappa shape index (κ2) is 5.99. The lowest BCUT2D eigenvalue weighted by Gasteiger charge is -2.06. The van der Waals surface area contributed by atoms with E-state index in [1.165, 1.54) is 0 Å². The van der Waals surface area contributed by atoms with Gasteiger partial charge in [-0.2, -0.15) is 0 Å². The van der Waals surface area contributed by atoms with Crippen LogP contribution in [0.4, 0.5) is 0 Å². The summed E-state index contributed by atoms with van der Waals surface area (Å²) in [6.07, 6.45) is 0.528. The molecule has 0 saturated carbocycles. The van der Waals surface area contributed by atoms with Gasteiger partial charge in [0.15, 0.2) is 0 Å². The zero-order valence-electron chi connectivity index (χ0n) is 8.69. The zero-order valence-corrected chi connectivity index (χ0v) is 8.69. The van der Waals surface area contributed by atoms with Gasteiger partial charge >= 0.3 is 23.9 Å². The van der Waals surface area contributed by atoms with E-state index < -0.39 is 23.9 Å². The van der Waals surface area contributed by atoms with Crippen molar-refractivity contribution in [3.8, 4) is 0 Å². The van der Waals surface area contributed by atoms with Crippen LogP contribution in [0.2, 0.25) is 0 Å². The van der Waals surface area contributed by atoms with E-state index in [2.05, 4.69) is 9.47 Å². The van der Waals surface area contributed by atoms with Gasteiger partial charge < -0.3 is 9.47 Å². The van der Waals surface area contributed by atoms with Crippen molar-refractivity contribution in [2.75, 3.05) is 0 Å². The molecule has 0 aromatic rings. The lowest BCUT2D eigenvalue weighted by molar-refractivity contribution is -0.165. The average molecular weight is 228 g/mol. The number of carbonyl (C=O) groups excluding carboxylic acids is 4. The number of hydrogen-bond acceptors (Lipinski definition) is 6. The number of cyclic esters (lactones) is 4. The molecule has 6 heteroatoms. The van der Waals surface area contributed by atoms with E-state index in [-0.39, 0.29) is 25.7 Å². The smallest absolute Gasteiger partial charge is 0.314 e. The molecule has 0 bridgehead atoms. The fraction of sp³-hybridized carbons (Fsp3) is 0.600. The van der Waals surface area contributed by atoms with Gasteiger partial charge in [0.25, 0.3) is 0 Å². The van der Waals surface area contributed by atoms with E-state index in [0.29, 0.717) is 12.8 Å². The van der Waals surface area contributed by atoms with Crippen LogP contribution in [-0.4, -0.2) is 23.9 Å². The quantitative estimate of drug-likeness (QED) is 0.442. The van der Waals surface area contributed by atoms with Crippen LogP contribution in [0, 0.1) is 0 Å². The minimum atomic E-state index is -0.769. The van der Waals surface area contributed by atoms with Crippen molar-refractivity contribution in [2.45, 2.75) is 38.5 Å². The summed E-state index contributed by atoms with van der Waals surface area (Å²) in [7, 11) is 0. The van der Waals surface area contributed by atoms with Crippen LogP contribution in [0.5, 0.6) is 0 Å². The largest absolute Gasteiger partial charge is 0.393 e. The molecule has 1 aliphatic rings. The Balaban J connectivity index is 2.53. The van der Waals surface area contributed by atoms with Gasteiger partial charge in [-0.15, -0.1) is 0 Å². The van der Waals surface area contributed by atoms with E-state index in [0.717, 1.165) is 0 Å². The second-order valence-corrected chi connectivity index (χ2v) is 3.40. The molecule has 1 aliphatic heterocycles. The van der Waals surface area contributed by atoms with Crippen molar-refractivity contribution >= 4 is 23.9 Å². The lowest BCUT2D eigenvalue weighted by atomic mass is 10.2. The van der Waals surface area contributed by atoms with Crippen molar-refractivity contribution in [3.05, 3.63) is 0 Å². The fourth-order valence-corrected chi connectivity index (χ4v) is 1.20. The summed E-state index contributed by atoms with van der Waals surface area (Å²) in [5, 5.41) is 0. The Kier molecular flexibility index (Phi) is 4.63. The molecule has 0 aromatic heterocycles. The molecule has 0 atom stereocenters. The molecule has 0 spiro atoms. The predicted octanol–water partition coefficient (Wildman–Crippen LogP) is 0.480. The maximum atomic E-state index is 11.0. The maximum absolute atomic E-state index is 11.0. The van der Waals surface area contributed by atoms with E-state index in [4.69, 9.17) is 0 Å². The van der Waals surface area contributed by atoms with E-state index >= 15 is 0 Å². The molecule has 0 aliphatic carbocycles. The third-order valence-corrected chi connectivity index (χ3v) is 2.00. The summed E-state index contributed by atoms with van der Waals surface area (Å²) in [5.74, 6) is -2.78. The minimum absolute atomic E-state index is 0.0902. The highest BCUT2D eigenvalue weighted by molar-refractivity contribution is 5.90. The van der Waals surface area contributed by atoms with Gasteiger partial charge in [-0.3, -0.25) is 19.2 Å². The molecular weight excluding hydrogens is 216 g/mol. The summed E-state index contributed by atoms with van der Waals surface area (Å²) in [6, 6.07) is 0. The van der Waals surface area contributed by atoms with Crippen LogP contribution in [0.25, 0.3) is 0 Å². The fourth-order valence-electron chi connectivity index (χ4n) is 1.20. The Hall–Kier alpha value is -1.72. The van der Waals surface area contributed by atoms with Gasteiger partial charge in [-0.05, 0) is 12.8 Å². The van der Waals surface area contributed by atoms with Crippen LogP contribution in [0.1, 0.15) is 38.5 Å². The molecule has 1 saturated heterocycles. The molecule has 1 fully saturated rings. The van der Waals surface area contributed by atoms with Gasteiger partial charge in [-0.25, -0.2) is 0 Å². The average Bonchev–Trinajstić information content (AvgIpc) is 2.20. The van der Waals surface area contributed by atoms with Crippen molar-refractivity contribution in [2.24, 2.45) is 0 Å². The Morgan fingerprint density at radius 2 is 0.875 bits per heavy atom. The first-order valence-corrected chi connectivity index (χ1v) is 5.05. The Labute approximate surface area is 91.9 Å². The molecular formula is C10H12O6. The highest BCUT2D eigenvalue weighted by Gasteiger charge is 2.17. The second-order valence-electron chi connectivity index (χ2n) is 3.40. The summed E-state index contributed by atoms with van der Waals surface area (Å²) < 4.78 is 8.86. The molecule has 1 heterocycles. The molecule has 0 aromatic carbocycles. The summed E-state index contributed by atoms with van der Waals surface area (Å²) >= 11 is 0. The normalized spacial score (nSPS) is 20.5. The van der Waals surface area contributed by atoms with Crippen LogP contribution in [0.3, 0.4) is 0 Å². The first-order chi connectivity index (χ1) is 7.58. The zero-order chi connectivity index (χ0) is 12.0. The number of rotatable bonds is 0. The Morgan fingerprint density at radius 3 is 1.25 bits per heavy atom. The van der Waals surface area contributed by atoms with Crippen LogP contribution in [0.15, 0.2) is 0 Å². The van der Waals surface area contributed by atoms with E-state index in [1.807, 2.05) is 0 Å². The first kappa shape index (κ1) is 12.4. The van der Waals surface area contributed by atoms with E-state index in [9.17, 15) is 19.2 Å². The first-order valence-electron chi connectivity index (χ1n) is 5.05. The summed E-state index contributed by atoms with van der Waals surface area (Å²) in [6.45, 7) is 0. The monoisotopic (exact) mass is 228 g/mol. The number of hydrogen-bond donors (Lipinski definition) is 0. The number of carbonyl (C=O) groups is 4. The third kappa shape index (κ3) is 4.68. The van der Waals surface area contributed by atoms with Crippen LogP contribution < -0.4 is 0 Å². The van der Waals surface area contributed by atoms with E-state index in [1.54, 1.807) is 0 Å². The highest BCUT2D eigenvalue weighted by Crippen LogP contribution is 2.07. The summed E-state index contributed by atoms with van der Waals surface area (Å²) in [4.78, 5) is 44.1. The van der Waals surface area contributed by atoms with Crippen molar-refractivity contribution in [1.29, 1.82) is 0 Å². The SMILES string of the molecule is O=C1CCCCC(=O)OC(=O)CCC(=O)O1. The number of esters is 4. The van der Waals surface area contributed by atoms with Crippen molar-refractivity contribution < 1.29 is 28.7 Å². The molecule has 0 unspecified atom stereocenters. The van der Waals surface area contributed by atoms with Gasteiger partial charge in [0.2, 0.25) is 0 Å². The molecule has 1 rings (SSSR count). The highest BCUT2D eigenvalue weighted by atomic mass is 16.6. The third-order valence-electron chi connectivity index (χ3n) is 2.00. The standard InChI is InChI=1S/C10H12O6/c11-7-3-1-2-4-8(12)16-10(14)6-5-9(13)15-7/h1-6H2. The van der Waals surface area contributed by atoms with Crippen LogP contribution >= 0.6 is 0 Å². The Morgan fingerprint density at radius 1 is 0.562 bits per heavy atom. The Bertz CT molecular complexity index is 287. The molecule has 6 nitrogen and oxygen atoms in total. The van der Waals surface area contributed by atoms with Crippen LogP contribution in [-0.2, 0) is 28.7 Å². The summed E-state index contributed by atoms with van der Waals surface area (Å²) in [5.41, 5.74) is 0. The van der Waals surface area contributed by atoms with Gasteiger partial charge in [0.05, 0.1) is 12.8 Å². The topological polar surface area (TPSA) is 86.7 Å². The lowest BCUT2D eigenvalue weighted by Crippen LogP contribution is -2.18. The molecule has 16 heavy (non-hydrogen) atoms. The number of ether oxygens (including phenoxy) is 2. The molecule has 88 valence electrons. The maximum Gasteiger partial charge on any atom is 0.314 e. The molecule has 0 N–H and O–H groups in total. The van der Waals surface area contributed by atoms with Crippen molar-refractivity contribution in [1.82, 2.24) is 0 Å². The molecule has 0 radical (unpaired) electrons.